The lowest BCUT2D eigenvalue weighted by Gasteiger charge is -2.41. The second-order valence-electron chi connectivity index (χ2n) is 15.4. The van der Waals surface area contributed by atoms with Crippen LogP contribution in [0.2, 0.25) is 0 Å². The first kappa shape index (κ1) is 41.9. The summed E-state index contributed by atoms with van der Waals surface area (Å²) in [6.45, 7) is 8.44. The van der Waals surface area contributed by atoms with E-state index in [0.29, 0.717) is 12.6 Å². The van der Waals surface area contributed by atoms with Gasteiger partial charge in [-0.2, -0.15) is 0 Å². The molecule has 0 radical (unpaired) electrons. The highest BCUT2D eigenvalue weighted by molar-refractivity contribution is 4.58. The smallest absolute Gasteiger partial charge is 0.161 e. The lowest BCUT2D eigenvalue weighted by molar-refractivity contribution is -0.965. The zero-order chi connectivity index (χ0) is 31.2. The number of rotatable bonds is 34. The third kappa shape index (κ3) is 27.4. The summed E-state index contributed by atoms with van der Waals surface area (Å²) in [4.78, 5) is 0. The first-order chi connectivity index (χ1) is 20.3. The molecule has 0 aliphatic heterocycles. The molecule has 3 heteroatoms. The highest BCUT2D eigenvalue weighted by atomic mass is 16.3. The first-order valence-electron chi connectivity index (χ1n) is 19.5. The van der Waals surface area contributed by atoms with E-state index >= 15 is 0 Å². The van der Waals surface area contributed by atoms with Crippen molar-refractivity contribution in [3.63, 3.8) is 0 Å². The van der Waals surface area contributed by atoms with Crippen molar-refractivity contribution in [2.75, 3.05) is 54.4 Å². The van der Waals surface area contributed by atoms with Gasteiger partial charge in [0.1, 0.15) is 13.2 Å². The molecule has 254 valence electrons. The van der Waals surface area contributed by atoms with Gasteiger partial charge in [0, 0.05) is 0 Å². The molecule has 0 amide bonds. The van der Waals surface area contributed by atoms with E-state index in [2.05, 4.69) is 42.0 Å². The second kappa shape index (κ2) is 29.6. The quantitative estimate of drug-likeness (QED) is 0.0578. The molecule has 0 spiro atoms. The minimum absolute atomic E-state index is 0.312. The van der Waals surface area contributed by atoms with Crippen LogP contribution in [-0.2, 0) is 0 Å². The van der Waals surface area contributed by atoms with Crippen molar-refractivity contribution >= 4 is 0 Å². The number of nitrogens with zero attached hydrogens (tertiary/aromatic N) is 2. The summed E-state index contributed by atoms with van der Waals surface area (Å²) in [7, 11) is 9.49. The Morgan fingerprint density at radius 2 is 0.643 bits per heavy atom. The normalized spacial score (nSPS) is 13.2. The molecule has 0 aromatic carbocycles. The maximum Gasteiger partial charge on any atom is 0.161 e. The van der Waals surface area contributed by atoms with E-state index < -0.39 is 0 Å². The van der Waals surface area contributed by atoms with Gasteiger partial charge in [-0.3, -0.25) is 0 Å². The third-order valence-electron chi connectivity index (χ3n) is 10.1. The van der Waals surface area contributed by atoms with Gasteiger partial charge in [-0.15, -0.1) is 0 Å². The predicted octanol–water partition coefficient (Wildman–Crippen LogP) is 11.5. The highest BCUT2D eigenvalue weighted by Crippen LogP contribution is 2.18. The zero-order valence-electron chi connectivity index (χ0n) is 30.5. The summed E-state index contributed by atoms with van der Waals surface area (Å²) in [6.07, 6.45) is 39.7. The number of likely N-dealkylation sites (N-methyl/N-ethyl adjacent to an activating group) is 2. The van der Waals surface area contributed by atoms with Gasteiger partial charge in [0.05, 0.1) is 41.3 Å². The monoisotopic (exact) mass is 597 g/mol. The average molecular weight is 597 g/mol. The molecule has 1 unspecified atom stereocenters. The summed E-state index contributed by atoms with van der Waals surface area (Å²) >= 11 is 0. The van der Waals surface area contributed by atoms with Crippen LogP contribution in [0.25, 0.3) is 0 Å². The molecule has 0 saturated carbocycles. The Balaban J connectivity index is 3.81. The van der Waals surface area contributed by atoms with Crippen molar-refractivity contribution in [1.82, 2.24) is 0 Å². The van der Waals surface area contributed by atoms with Crippen LogP contribution in [0, 0.1) is 0 Å². The maximum atomic E-state index is 10.3. The molecule has 3 nitrogen and oxygen atoms in total. The largest absolute Gasteiger partial charge is 0.390 e. The van der Waals surface area contributed by atoms with Gasteiger partial charge in [-0.1, -0.05) is 168 Å². The standard InChI is InChI=1S/C39H84N2O/c1-7-9-11-13-15-17-19-21-23-25-27-29-31-33-35-40(3,4)37-39(38-42)41(5,6)36-34-32-30-28-26-24-22-20-18-16-14-12-10-8-2/h39,42H,7-38H2,1-6H3/q+2. The number of aliphatic hydroxyl groups is 1. The fourth-order valence-corrected chi connectivity index (χ4v) is 6.79. The SMILES string of the molecule is CCCCCCCCCCCCCCCC[N+](C)(C)CC(CO)[N+](C)(C)CCCCCCCCCCCCCCCC. The van der Waals surface area contributed by atoms with Crippen LogP contribution in [0.4, 0.5) is 0 Å². The Morgan fingerprint density at radius 1 is 0.381 bits per heavy atom. The number of quaternary nitrogens is 2. The predicted molar refractivity (Wildman–Crippen MR) is 190 cm³/mol. The molecular weight excluding hydrogens is 512 g/mol. The molecule has 0 aliphatic carbocycles. The Labute approximate surface area is 267 Å². The number of unbranched alkanes of at least 4 members (excludes halogenated alkanes) is 26. The van der Waals surface area contributed by atoms with E-state index in [-0.39, 0.29) is 0 Å². The topological polar surface area (TPSA) is 20.2 Å². The third-order valence-corrected chi connectivity index (χ3v) is 10.1. The zero-order valence-corrected chi connectivity index (χ0v) is 30.5. The lowest BCUT2D eigenvalue weighted by Crippen LogP contribution is -2.59. The van der Waals surface area contributed by atoms with Crippen LogP contribution in [0.1, 0.15) is 194 Å². The van der Waals surface area contributed by atoms with E-state index in [9.17, 15) is 5.11 Å². The van der Waals surface area contributed by atoms with Gasteiger partial charge in [0.25, 0.3) is 0 Å². The van der Waals surface area contributed by atoms with E-state index in [1.165, 1.54) is 193 Å². The highest BCUT2D eigenvalue weighted by Gasteiger charge is 2.33. The Morgan fingerprint density at radius 3 is 0.929 bits per heavy atom. The van der Waals surface area contributed by atoms with Crippen LogP contribution in [0.3, 0.4) is 0 Å². The summed E-state index contributed by atoms with van der Waals surface area (Å²) < 4.78 is 2.01. The van der Waals surface area contributed by atoms with E-state index in [1.54, 1.807) is 0 Å². The van der Waals surface area contributed by atoms with Crippen molar-refractivity contribution in [3.05, 3.63) is 0 Å². The number of aliphatic hydroxyl groups excluding tert-OH is 1. The molecule has 1 atom stereocenters. The average Bonchev–Trinajstić information content (AvgIpc) is 2.96. The fraction of sp³-hybridized carbons (Fsp3) is 1.00. The molecule has 0 aliphatic rings. The van der Waals surface area contributed by atoms with Crippen LogP contribution >= 0.6 is 0 Å². The molecule has 0 saturated heterocycles. The minimum atomic E-state index is 0.312. The van der Waals surface area contributed by atoms with Gasteiger partial charge < -0.3 is 14.1 Å². The fourth-order valence-electron chi connectivity index (χ4n) is 6.79. The molecule has 0 heterocycles. The Hall–Kier alpha value is -0.120. The van der Waals surface area contributed by atoms with Crippen LogP contribution < -0.4 is 0 Å². The first-order valence-corrected chi connectivity index (χ1v) is 19.5. The molecular formula is C39H84N2O+2. The van der Waals surface area contributed by atoms with Gasteiger partial charge >= 0.3 is 0 Å². The summed E-state index contributed by atoms with van der Waals surface area (Å²) in [6, 6.07) is 0.341. The van der Waals surface area contributed by atoms with Crippen LogP contribution in [-0.4, -0.2) is 74.5 Å². The molecule has 42 heavy (non-hydrogen) atoms. The van der Waals surface area contributed by atoms with Crippen LogP contribution in [0.15, 0.2) is 0 Å². The molecule has 0 rings (SSSR count). The van der Waals surface area contributed by atoms with E-state index in [0.717, 1.165) is 15.5 Å². The summed E-state index contributed by atoms with van der Waals surface area (Å²) in [5.41, 5.74) is 0. The van der Waals surface area contributed by atoms with Crippen molar-refractivity contribution in [2.45, 2.75) is 200 Å². The summed E-state index contributed by atoms with van der Waals surface area (Å²) in [5, 5.41) is 10.3. The Kier molecular flexibility index (Phi) is 29.5. The maximum absolute atomic E-state index is 10.3. The van der Waals surface area contributed by atoms with Gasteiger partial charge in [0.15, 0.2) is 6.04 Å². The molecule has 0 bridgehead atoms. The number of hydrogen-bond donors (Lipinski definition) is 1. The van der Waals surface area contributed by atoms with E-state index in [4.69, 9.17) is 0 Å². The molecule has 0 fully saturated rings. The van der Waals surface area contributed by atoms with Crippen molar-refractivity contribution < 1.29 is 14.1 Å². The van der Waals surface area contributed by atoms with Crippen molar-refractivity contribution in [2.24, 2.45) is 0 Å². The van der Waals surface area contributed by atoms with Gasteiger partial charge in [0.2, 0.25) is 0 Å². The molecule has 0 aromatic rings. The second-order valence-corrected chi connectivity index (χ2v) is 15.4. The lowest BCUT2D eigenvalue weighted by atomic mass is 10.0. The van der Waals surface area contributed by atoms with Crippen molar-refractivity contribution in [3.8, 4) is 0 Å². The minimum Gasteiger partial charge on any atom is -0.390 e. The van der Waals surface area contributed by atoms with Crippen LogP contribution in [0.5, 0.6) is 0 Å². The molecule has 0 aromatic heterocycles. The number of hydrogen-bond acceptors (Lipinski definition) is 1. The van der Waals surface area contributed by atoms with Gasteiger partial charge in [-0.25, -0.2) is 0 Å². The van der Waals surface area contributed by atoms with E-state index in [1.807, 2.05) is 0 Å². The van der Waals surface area contributed by atoms with Crippen molar-refractivity contribution in [1.29, 1.82) is 0 Å². The summed E-state index contributed by atoms with van der Waals surface area (Å²) in [5.74, 6) is 0. The Bertz CT molecular complexity index is 532. The molecule has 1 N–H and O–H groups in total. The van der Waals surface area contributed by atoms with Gasteiger partial charge in [-0.05, 0) is 25.7 Å².